The Bertz CT molecular complexity index is 2100. The Kier molecular flexibility index (Phi) is 12.7. The third kappa shape index (κ3) is 7.18. The quantitative estimate of drug-likeness (QED) is 0.0761. The molecule has 7 heteroatoms. The Labute approximate surface area is 383 Å². The second-order valence-corrected chi connectivity index (χ2v) is 44.0. The molecule has 304 valence electrons. The van der Waals surface area contributed by atoms with Crippen molar-refractivity contribution < 1.29 is 0 Å². The van der Waals surface area contributed by atoms with Crippen LogP contribution in [0.4, 0.5) is 0 Å². The van der Waals surface area contributed by atoms with Crippen molar-refractivity contribution >= 4 is 112 Å². The van der Waals surface area contributed by atoms with Crippen LogP contribution >= 0.6 is 23.2 Å². The fourth-order valence-corrected chi connectivity index (χ4v) is 55.9. The molecular weight excluding hydrogens is 911 g/mol. The predicted octanol–water partition coefficient (Wildman–Crippen LogP) is 8.29. The van der Waals surface area contributed by atoms with Gasteiger partial charge in [-0.2, -0.15) is 0 Å². The standard InChI is InChI=1S/C54H52Cl2SeSi4/c1-58(45-29-13-5-14-30-45,46-31-15-6-16-32-46)53(55,59(2,47-33-17-7-18-34-47)48-35-19-8-20-36-48)57-54(56,60(3,49-37-21-9-22-38-49)50-39-23-10-24-40-50)61(4,51-41-25-11-26-42-51)52-43-27-12-28-44-52/h5-44H,1-4H3. The third-order valence-electron chi connectivity index (χ3n) is 13.7. The first-order valence-electron chi connectivity index (χ1n) is 21.1. The Morgan fingerprint density at radius 3 is 0.475 bits per heavy atom. The van der Waals surface area contributed by atoms with E-state index in [1.165, 1.54) is 41.5 Å². The van der Waals surface area contributed by atoms with Gasteiger partial charge in [-0.25, -0.2) is 0 Å². The number of alkyl halides is 2. The molecule has 0 saturated carbocycles. The summed E-state index contributed by atoms with van der Waals surface area (Å²) in [5.74, 6) is 0. The maximum atomic E-state index is 9.65. The molecule has 0 fully saturated rings. The van der Waals surface area contributed by atoms with Crippen molar-refractivity contribution in [2.75, 3.05) is 0 Å². The van der Waals surface area contributed by atoms with E-state index in [0.29, 0.717) is 0 Å². The van der Waals surface area contributed by atoms with E-state index in [-0.39, 0.29) is 0 Å². The van der Waals surface area contributed by atoms with Crippen molar-refractivity contribution in [1.82, 2.24) is 0 Å². The van der Waals surface area contributed by atoms with Crippen molar-refractivity contribution in [2.45, 2.75) is 32.2 Å². The van der Waals surface area contributed by atoms with E-state index < -0.39 is 53.3 Å². The van der Waals surface area contributed by atoms with Gasteiger partial charge in [0, 0.05) is 0 Å². The van der Waals surface area contributed by atoms with Gasteiger partial charge in [0.05, 0.1) is 0 Å². The number of hydrogen-bond acceptors (Lipinski definition) is 0. The molecule has 0 saturated heterocycles. The van der Waals surface area contributed by atoms with Gasteiger partial charge >= 0.3 is 387 Å². The summed E-state index contributed by atoms with van der Waals surface area (Å²) < 4.78 is -1.62. The van der Waals surface area contributed by atoms with Crippen LogP contribution in [-0.2, 0) is 0 Å². The first-order chi connectivity index (χ1) is 29.5. The third-order valence-corrected chi connectivity index (χ3v) is 55.6. The van der Waals surface area contributed by atoms with Crippen molar-refractivity contribution in [1.29, 1.82) is 0 Å². The second-order valence-electron chi connectivity index (χ2n) is 16.7. The molecule has 0 aliphatic rings. The van der Waals surface area contributed by atoms with Crippen LogP contribution < -0.4 is 41.5 Å². The summed E-state index contributed by atoms with van der Waals surface area (Å²) in [7, 11) is -12.5. The van der Waals surface area contributed by atoms with Gasteiger partial charge in [0.25, 0.3) is 0 Å². The molecule has 0 spiro atoms. The summed E-state index contributed by atoms with van der Waals surface area (Å²) in [6, 6.07) is 90.4. The molecule has 0 radical (unpaired) electrons. The number of benzene rings is 8. The average molecular weight is 963 g/mol. The van der Waals surface area contributed by atoms with Gasteiger partial charge in [0.15, 0.2) is 0 Å². The molecule has 0 unspecified atom stereocenters. The van der Waals surface area contributed by atoms with Gasteiger partial charge in [0.2, 0.25) is 0 Å². The van der Waals surface area contributed by atoms with Crippen LogP contribution in [0.15, 0.2) is 243 Å². The fraction of sp³-hybridized carbons (Fsp3) is 0.111. The van der Waals surface area contributed by atoms with Crippen LogP contribution in [0.5, 0.6) is 0 Å². The summed E-state index contributed by atoms with van der Waals surface area (Å²) >= 11 is 18.8. The van der Waals surface area contributed by atoms with Crippen molar-refractivity contribution in [3.05, 3.63) is 243 Å². The Balaban J connectivity index is 1.61. The maximum absolute atomic E-state index is 9.65. The van der Waals surface area contributed by atoms with Gasteiger partial charge in [-0.3, -0.25) is 0 Å². The molecule has 0 aliphatic heterocycles. The van der Waals surface area contributed by atoms with Crippen LogP contribution in [0.3, 0.4) is 0 Å². The second kappa shape index (κ2) is 17.8. The first-order valence-corrected chi connectivity index (χ1v) is 33.5. The van der Waals surface area contributed by atoms with E-state index in [1.807, 2.05) is 0 Å². The Morgan fingerprint density at radius 2 is 0.361 bits per heavy atom. The molecule has 61 heavy (non-hydrogen) atoms. The molecule has 0 nitrogen and oxygen atoms in total. The molecule has 0 heterocycles. The van der Waals surface area contributed by atoms with Crippen molar-refractivity contribution in [3.8, 4) is 0 Å². The Hall–Kier alpha value is -4.27. The summed E-state index contributed by atoms with van der Waals surface area (Å²) in [5, 5.41) is 10.6. The minimum absolute atomic E-state index is 0.471. The zero-order valence-electron chi connectivity index (χ0n) is 35.3. The summed E-state index contributed by atoms with van der Waals surface area (Å²) in [5.41, 5.74) is 0. The topological polar surface area (TPSA) is 0 Å². The predicted molar refractivity (Wildman–Crippen MR) is 278 cm³/mol. The number of halogens is 2. The van der Waals surface area contributed by atoms with Gasteiger partial charge < -0.3 is 0 Å². The first kappa shape index (κ1) is 43.4. The average Bonchev–Trinajstić information content (AvgIpc) is 3.34. The Morgan fingerprint density at radius 1 is 0.246 bits per heavy atom. The summed E-state index contributed by atoms with van der Waals surface area (Å²) in [4.78, 5) is 0. The van der Waals surface area contributed by atoms with E-state index in [0.717, 1.165) is 0 Å². The molecule has 8 rings (SSSR count). The summed E-state index contributed by atoms with van der Waals surface area (Å²) in [6.45, 7) is 10.3. The fourth-order valence-electron chi connectivity index (χ4n) is 9.93. The number of rotatable bonds is 14. The van der Waals surface area contributed by atoms with Crippen LogP contribution in [0.1, 0.15) is 0 Å². The van der Waals surface area contributed by atoms with Crippen LogP contribution in [-0.4, -0.2) is 53.3 Å². The van der Waals surface area contributed by atoms with Crippen LogP contribution in [0, 0.1) is 0 Å². The van der Waals surface area contributed by atoms with Crippen molar-refractivity contribution in [3.63, 3.8) is 0 Å². The van der Waals surface area contributed by atoms with E-state index in [2.05, 4.69) is 269 Å². The van der Waals surface area contributed by atoms with E-state index >= 15 is 0 Å². The zero-order chi connectivity index (χ0) is 42.6. The molecule has 0 aromatic heterocycles. The van der Waals surface area contributed by atoms with Gasteiger partial charge in [-0.1, -0.05) is 0 Å². The van der Waals surface area contributed by atoms with Crippen LogP contribution in [0.25, 0.3) is 0 Å². The molecule has 0 aliphatic carbocycles. The minimum atomic E-state index is -3.11. The van der Waals surface area contributed by atoms with Gasteiger partial charge in [-0.15, -0.1) is 0 Å². The zero-order valence-corrected chi connectivity index (χ0v) is 42.5. The molecule has 8 aromatic carbocycles. The van der Waals surface area contributed by atoms with Gasteiger partial charge in [0.1, 0.15) is 0 Å². The molecule has 0 bridgehead atoms. The van der Waals surface area contributed by atoms with E-state index in [9.17, 15) is 23.2 Å². The van der Waals surface area contributed by atoms with Crippen LogP contribution in [0.2, 0.25) is 26.2 Å². The molecular formula is C54H52Cl2SeSi4. The molecule has 0 amide bonds. The molecule has 8 aromatic rings. The number of hydrogen-bond donors (Lipinski definition) is 0. The molecule has 0 atom stereocenters. The monoisotopic (exact) mass is 962 g/mol. The van der Waals surface area contributed by atoms with Gasteiger partial charge in [-0.05, 0) is 0 Å². The molecule has 0 N–H and O–H groups in total. The van der Waals surface area contributed by atoms with Crippen molar-refractivity contribution in [2.24, 2.45) is 0 Å². The summed E-state index contributed by atoms with van der Waals surface area (Å²) in [6.07, 6.45) is 0. The van der Waals surface area contributed by atoms with E-state index in [4.69, 9.17) is 0 Å². The normalized spacial score (nSPS) is 12.8. The van der Waals surface area contributed by atoms with E-state index in [1.54, 1.807) is 0 Å². The SMILES string of the molecule is C[Si](c1ccccc1)(c1ccccc1)C(Cl)([Se]C(Cl)([Si](C)(c1ccccc1)c1ccccc1)[Si](C)(c1ccccc1)c1ccccc1)[Si](C)(c1ccccc1)c1ccccc1.